The van der Waals surface area contributed by atoms with E-state index in [0.29, 0.717) is 0 Å². The Hall–Kier alpha value is -2.59. The first-order valence-corrected chi connectivity index (χ1v) is 7.78. The van der Waals surface area contributed by atoms with E-state index in [1.807, 2.05) is 43.5 Å². The van der Waals surface area contributed by atoms with Gasteiger partial charge in [-0.2, -0.15) is 0 Å². The summed E-state index contributed by atoms with van der Waals surface area (Å²) in [6.07, 6.45) is 8.00. The number of hydrogen-bond donors (Lipinski definition) is 2. The third-order valence-corrected chi connectivity index (χ3v) is 4.21. The van der Waals surface area contributed by atoms with E-state index in [-0.39, 0.29) is 5.75 Å². The minimum Gasteiger partial charge on any atom is -0.508 e. The molecular weight excluding hydrogens is 291 g/mol. The number of phenols is 1. The van der Waals surface area contributed by atoms with Crippen molar-refractivity contribution in [2.24, 2.45) is 0 Å². The predicted octanol–water partition coefficient (Wildman–Crippen LogP) is 4.77. The molecule has 0 radical (unpaired) electrons. The predicted molar refractivity (Wildman–Crippen MR) is 95.3 cm³/mol. The van der Waals surface area contributed by atoms with Crippen molar-refractivity contribution >= 4 is 39.4 Å². The van der Waals surface area contributed by atoms with Gasteiger partial charge in [-0.25, -0.2) is 4.98 Å². The Morgan fingerprint density at radius 3 is 2.59 bits per heavy atom. The zero-order chi connectivity index (χ0) is 15.4. The number of phenolic OH excluding ortho intramolecular Hbond substituents is 1. The molecule has 22 heavy (non-hydrogen) atoms. The van der Waals surface area contributed by atoms with Crippen molar-refractivity contribution in [3.63, 3.8) is 0 Å². The van der Waals surface area contributed by atoms with E-state index in [0.717, 1.165) is 26.5 Å². The molecule has 3 nitrogen and oxygen atoms in total. The van der Waals surface area contributed by atoms with E-state index in [9.17, 15) is 5.11 Å². The van der Waals surface area contributed by atoms with Crippen molar-refractivity contribution in [1.29, 1.82) is 0 Å². The Kier molecular flexibility index (Phi) is 4.21. The summed E-state index contributed by atoms with van der Waals surface area (Å²) in [5.74, 6) is 0.275. The summed E-state index contributed by atoms with van der Waals surface area (Å²) in [6, 6.07) is 13.4. The van der Waals surface area contributed by atoms with Crippen LogP contribution in [0.2, 0.25) is 0 Å². The molecule has 110 valence electrons. The van der Waals surface area contributed by atoms with Gasteiger partial charge in [-0.05, 0) is 42.0 Å². The molecule has 0 saturated carbocycles. The van der Waals surface area contributed by atoms with E-state index in [1.54, 1.807) is 23.5 Å². The first-order chi connectivity index (χ1) is 10.7. The van der Waals surface area contributed by atoms with Crippen LogP contribution in [0.25, 0.3) is 22.4 Å². The number of thiazole rings is 1. The van der Waals surface area contributed by atoms with Crippen LogP contribution in [-0.2, 0) is 0 Å². The van der Waals surface area contributed by atoms with Gasteiger partial charge in [0.05, 0.1) is 10.2 Å². The second-order valence-corrected chi connectivity index (χ2v) is 5.86. The highest BCUT2D eigenvalue weighted by Crippen LogP contribution is 2.26. The number of nitrogens with one attached hydrogen (secondary N) is 1. The summed E-state index contributed by atoms with van der Waals surface area (Å²) in [7, 11) is 1.91. The van der Waals surface area contributed by atoms with Crippen LogP contribution in [0.1, 0.15) is 10.6 Å². The molecule has 1 aromatic heterocycles. The summed E-state index contributed by atoms with van der Waals surface area (Å²) >= 11 is 1.56. The lowest BCUT2D eigenvalue weighted by atomic mass is 10.2. The number of hydrogen-bond acceptors (Lipinski definition) is 4. The molecule has 0 amide bonds. The van der Waals surface area contributed by atoms with Gasteiger partial charge in [0.1, 0.15) is 10.8 Å². The fourth-order valence-electron chi connectivity index (χ4n) is 2.07. The van der Waals surface area contributed by atoms with Gasteiger partial charge in [0, 0.05) is 12.7 Å². The minimum atomic E-state index is 0.275. The molecule has 2 aromatic carbocycles. The Morgan fingerprint density at radius 2 is 1.82 bits per heavy atom. The second-order valence-electron chi connectivity index (χ2n) is 4.79. The van der Waals surface area contributed by atoms with Crippen molar-refractivity contribution < 1.29 is 5.11 Å². The van der Waals surface area contributed by atoms with Gasteiger partial charge in [-0.1, -0.05) is 30.4 Å². The highest BCUT2D eigenvalue weighted by atomic mass is 32.1. The van der Waals surface area contributed by atoms with E-state index in [4.69, 9.17) is 0 Å². The molecule has 3 rings (SSSR count). The molecule has 0 spiro atoms. The number of anilines is 1. The second kappa shape index (κ2) is 6.45. The number of nitrogens with zero attached hydrogens (tertiary/aromatic N) is 1. The highest BCUT2D eigenvalue weighted by molar-refractivity contribution is 7.19. The van der Waals surface area contributed by atoms with Crippen molar-refractivity contribution in [3.05, 3.63) is 65.2 Å². The van der Waals surface area contributed by atoms with Crippen molar-refractivity contribution in [2.75, 3.05) is 12.4 Å². The molecule has 0 saturated heterocycles. The molecule has 3 aromatic rings. The monoisotopic (exact) mass is 307 g/mol. The number of aromatic nitrogens is 1. The summed E-state index contributed by atoms with van der Waals surface area (Å²) in [4.78, 5) is 4.50. The molecule has 0 fully saturated rings. The standard InChI is InChI=1S/C18H16N2OS/c1-19-14-8-6-13(7-9-14)4-2-3-5-18-20-16-11-10-15(21)12-17(16)22-18/h2-12,19,21H,1H3/b4-2+,5-3+/i1-1. The van der Waals surface area contributed by atoms with Gasteiger partial charge in [0.25, 0.3) is 0 Å². The van der Waals surface area contributed by atoms with Crippen LogP contribution in [0, 0.1) is 0 Å². The van der Waals surface area contributed by atoms with Crippen molar-refractivity contribution in [2.45, 2.75) is 0 Å². The van der Waals surface area contributed by atoms with Crippen molar-refractivity contribution in [3.8, 4) is 5.75 Å². The van der Waals surface area contributed by atoms with Crippen LogP contribution < -0.4 is 5.32 Å². The Bertz CT molecular complexity index is 832. The van der Waals surface area contributed by atoms with Gasteiger partial charge in [-0.15, -0.1) is 11.3 Å². The fraction of sp³-hybridized carbons (Fsp3) is 0.0556. The van der Waals surface area contributed by atoms with E-state index in [1.165, 1.54) is 0 Å². The number of allylic oxidation sites excluding steroid dienone is 2. The molecule has 1 heterocycles. The first-order valence-electron chi connectivity index (χ1n) is 6.97. The van der Waals surface area contributed by atoms with Gasteiger partial charge < -0.3 is 10.4 Å². The summed E-state index contributed by atoms with van der Waals surface area (Å²) in [5, 5.41) is 13.5. The van der Waals surface area contributed by atoms with E-state index >= 15 is 0 Å². The lowest BCUT2D eigenvalue weighted by Gasteiger charge is -1.98. The average molecular weight is 307 g/mol. The molecular formula is C18H16N2OS. The Labute approximate surface area is 133 Å². The first kappa shape index (κ1) is 14.4. The maximum absolute atomic E-state index is 9.46. The van der Waals surface area contributed by atoms with Gasteiger partial charge in [0.2, 0.25) is 0 Å². The average Bonchev–Trinajstić information content (AvgIpc) is 2.94. The number of aromatic hydroxyl groups is 1. The number of rotatable bonds is 4. The summed E-state index contributed by atoms with van der Waals surface area (Å²) < 4.78 is 0.992. The molecule has 0 aliphatic rings. The zero-order valence-electron chi connectivity index (χ0n) is 12.2. The van der Waals surface area contributed by atoms with Crippen LogP contribution >= 0.6 is 11.3 Å². The van der Waals surface area contributed by atoms with Crippen LogP contribution in [0.4, 0.5) is 5.69 Å². The van der Waals surface area contributed by atoms with E-state index in [2.05, 4.69) is 28.5 Å². The molecule has 0 atom stereocenters. The Balaban J connectivity index is 1.70. The molecule has 0 unspecified atom stereocenters. The lowest BCUT2D eigenvalue weighted by Crippen LogP contribution is -1.86. The maximum Gasteiger partial charge on any atom is 0.117 e. The molecule has 2 N–H and O–H groups in total. The number of benzene rings is 2. The van der Waals surface area contributed by atoms with Crippen LogP contribution in [-0.4, -0.2) is 17.1 Å². The zero-order valence-corrected chi connectivity index (χ0v) is 13.0. The largest absolute Gasteiger partial charge is 0.508 e. The minimum absolute atomic E-state index is 0.275. The van der Waals surface area contributed by atoms with Gasteiger partial charge >= 0.3 is 0 Å². The Morgan fingerprint density at radius 1 is 1.05 bits per heavy atom. The maximum atomic E-state index is 9.46. The summed E-state index contributed by atoms with van der Waals surface area (Å²) in [5.41, 5.74) is 3.16. The lowest BCUT2D eigenvalue weighted by molar-refractivity contribution is 0.476. The fourth-order valence-corrected chi connectivity index (χ4v) is 2.98. The number of fused-ring (bicyclic) bond motifs is 1. The highest BCUT2D eigenvalue weighted by Gasteiger charge is 2.01. The summed E-state index contributed by atoms with van der Waals surface area (Å²) in [6.45, 7) is 0. The van der Waals surface area contributed by atoms with Gasteiger partial charge in [-0.3, -0.25) is 0 Å². The van der Waals surface area contributed by atoms with Crippen LogP contribution in [0.5, 0.6) is 5.75 Å². The smallest absolute Gasteiger partial charge is 0.117 e. The van der Waals surface area contributed by atoms with Crippen LogP contribution in [0.3, 0.4) is 0 Å². The topological polar surface area (TPSA) is 45.2 Å². The van der Waals surface area contributed by atoms with Crippen molar-refractivity contribution in [1.82, 2.24) is 4.98 Å². The van der Waals surface area contributed by atoms with Crippen LogP contribution in [0.15, 0.2) is 54.6 Å². The molecule has 0 aliphatic carbocycles. The molecule has 0 bridgehead atoms. The SMILES string of the molecule is [11CH3]Nc1ccc(/C=C/C=C/c2nc3ccc(O)cc3s2)cc1. The third-order valence-electron chi connectivity index (χ3n) is 3.23. The quantitative estimate of drug-likeness (QED) is 0.682. The normalized spacial score (nSPS) is 11.7. The molecule has 0 aliphatic heterocycles. The third kappa shape index (κ3) is 3.35. The van der Waals surface area contributed by atoms with E-state index < -0.39 is 0 Å². The van der Waals surface area contributed by atoms with Gasteiger partial charge in [0.15, 0.2) is 0 Å². The molecule has 4 heteroatoms.